The van der Waals surface area contributed by atoms with E-state index in [1.807, 2.05) is 18.2 Å². The number of nitrogens with zero attached hydrogens (tertiary/aromatic N) is 1. The number of nitriles is 1. The van der Waals surface area contributed by atoms with Gasteiger partial charge in [0.1, 0.15) is 17.8 Å². The fourth-order valence-electron chi connectivity index (χ4n) is 8.78. The normalized spacial score (nSPS) is 34.1. The van der Waals surface area contributed by atoms with Gasteiger partial charge >= 0.3 is 5.97 Å². The predicted molar refractivity (Wildman–Crippen MR) is 162 cm³/mol. The van der Waals surface area contributed by atoms with Crippen LogP contribution in [0.3, 0.4) is 0 Å². The SMILES string of the molecule is CC[Si](CC)(CC)O[C@H]1CC[C@H](COC(=O)c2ccccc2)[C@H]2[C@@H]3OCOC34CCC(C)=C(CC(=O)[C@@]21C#N)C4(C)C. The van der Waals surface area contributed by atoms with Crippen LogP contribution in [-0.4, -0.2) is 51.3 Å². The Morgan fingerprint density at radius 1 is 1.12 bits per heavy atom. The Morgan fingerprint density at radius 3 is 2.45 bits per heavy atom. The van der Waals surface area contributed by atoms with E-state index in [0.717, 1.165) is 36.5 Å². The van der Waals surface area contributed by atoms with Gasteiger partial charge in [0.15, 0.2) is 14.1 Å². The number of fused-ring (bicyclic) bond motifs is 3. The minimum Gasteiger partial charge on any atom is -0.462 e. The van der Waals surface area contributed by atoms with Crippen molar-refractivity contribution in [1.29, 1.82) is 5.26 Å². The first-order chi connectivity index (χ1) is 20.1. The van der Waals surface area contributed by atoms with E-state index in [1.165, 1.54) is 5.57 Å². The smallest absolute Gasteiger partial charge is 0.338 e. The van der Waals surface area contributed by atoms with Crippen molar-refractivity contribution >= 4 is 20.1 Å². The number of ether oxygens (including phenoxy) is 3. The quantitative estimate of drug-likeness (QED) is 0.182. The summed E-state index contributed by atoms with van der Waals surface area (Å²) in [7, 11) is -2.18. The zero-order valence-corrected chi connectivity index (χ0v) is 27.2. The Morgan fingerprint density at radius 2 is 1.81 bits per heavy atom. The average Bonchev–Trinajstić information content (AvgIpc) is 3.44. The number of esters is 1. The third-order valence-electron chi connectivity index (χ3n) is 11.6. The molecule has 4 aliphatic rings. The first kappa shape index (κ1) is 31.1. The highest BCUT2D eigenvalue weighted by Gasteiger charge is 2.71. The van der Waals surface area contributed by atoms with E-state index in [1.54, 1.807) is 12.1 Å². The van der Waals surface area contributed by atoms with E-state index < -0.39 is 48.8 Å². The second-order valence-electron chi connectivity index (χ2n) is 13.4. The number of Topliss-reactive ketones (excluding diaryl/α,β-unsaturated/α-hetero) is 1. The minimum absolute atomic E-state index is 0.0845. The van der Waals surface area contributed by atoms with Crippen LogP contribution >= 0.6 is 0 Å². The monoisotopic (exact) mass is 593 g/mol. The molecular weight excluding hydrogens is 546 g/mol. The molecular formula is C34H47NO6Si. The summed E-state index contributed by atoms with van der Waals surface area (Å²) in [5, 5.41) is 11.2. The summed E-state index contributed by atoms with van der Waals surface area (Å²) < 4.78 is 26.2. The van der Waals surface area contributed by atoms with Gasteiger partial charge in [0.2, 0.25) is 0 Å². The number of carbonyl (C=O) groups excluding carboxylic acids is 2. The van der Waals surface area contributed by atoms with Crippen LogP contribution in [0.2, 0.25) is 18.1 Å². The van der Waals surface area contributed by atoms with Crippen molar-refractivity contribution < 1.29 is 28.2 Å². The Balaban J connectivity index is 1.63. The number of benzene rings is 1. The second-order valence-corrected chi connectivity index (χ2v) is 18.1. The van der Waals surface area contributed by atoms with Gasteiger partial charge in [0, 0.05) is 23.7 Å². The van der Waals surface area contributed by atoms with Gasteiger partial charge < -0.3 is 18.6 Å². The van der Waals surface area contributed by atoms with Crippen LogP contribution in [0.4, 0.5) is 0 Å². The molecule has 3 aliphatic carbocycles. The molecule has 1 saturated heterocycles. The van der Waals surface area contributed by atoms with Crippen molar-refractivity contribution in [2.75, 3.05) is 13.4 Å². The predicted octanol–water partition coefficient (Wildman–Crippen LogP) is 6.99. The number of ketones is 1. The molecule has 1 spiro atoms. The van der Waals surface area contributed by atoms with Gasteiger partial charge in [0.25, 0.3) is 0 Å². The van der Waals surface area contributed by atoms with Crippen LogP contribution < -0.4 is 0 Å². The molecule has 42 heavy (non-hydrogen) atoms. The fraction of sp³-hybridized carbons (Fsp3) is 0.676. The first-order valence-corrected chi connectivity index (χ1v) is 18.4. The van der Waals surface area contributed by atoms with Crippen LogP contribution in [0.1, 0.15) is 84.0 Å². The van der Waals surface area contributed by atoms with E-state index in [2.05, 4.69) is 47.6 Å². The molecule has 1 aromatic rings. The summed E-state index contributed by atoms with van der Waals surface area (Å²) in [5.74, 6) is -1.27. The zero-order valence-electron chi connectivity index (χ0n) is 26.2. The van der Waals surface area contributed by atoms with Crippen LogP contribution in [0, 0.1) is 34.0 Å². The maximum Gasteiger partial charge on any atom is 0.338 e. The lowest BCUT2D eigenvalue weighted by Gasteiger charge is -2.59. The second kappa shape index (κ2) is 11.6. The van der Waals surface area contributed by atoms with Crippen molar-refractivity contribution in [2.24, 2.45) is 22.7 Å². The number of hydrogen-bond donors (Lipinski definition) is 0. The van der Waals surface area contributed by atoms with Gasteiger partial charge in [-0.2, -0.15) is 5.26 Å². The summed E-state index contributed by atoms with van der Waals surface area (Å²) in [5.41, 5.74) is 0.192. The number of carbonyl (C=O) groups is 2. The van der Waals surface area contributed by atoms with Crippen molar-refractivity contribution in [3.05, 3.63) is 47.0 Å². The van der Waals surface area contributed by atoms with Crippen molar-refractivity contribution in [3.63, 3.8) is 0 Å². The molecule has 0 amide bonds. The topological polar surface area (TPSA) is 94.8 Å². The molecule has 0 radical (unpaired) electrons. The molecule has 1 heterocycles. The molecule has 8 heteroatoms. The standard InChI is InChI=1S/C34H47NO6Si/c1-7-42(8-2,9-3)41-28-16-15-25(20-38-31(37)24-13-11-10-12-14-24)29-30-34(40-22-39-30)18-17-23(4)26(32(34,5)6)19-27(36)33(28,29)21-35/h10-14,25,28-30H,7-9,15-20,22H2,1-6H3/t25-,28+,29+,30+,33-,34?/m1/s1. The third kappa shape index (κ3) is 4.63. The molecule has 2 bridgehead atoms. The van der Waals surface area contributed by atoms with Gasteiger partial charge in [0.05, 0.1) is 30.4 Å². The summed E-state index contributed by atoms with van der Waals surface area (Å²) in [6.45, 7) is 13.2. The van der Waals surface area contributed by atoms with E-state index >= 15 is 0 Å². The summed E-state index contributed by atoms with van der Waals surface area (Å²) in [6, 6.07) is 14.4. The maximum absolute atomic E-state index is 14.8. The molecule has 228 valence electrons. The molecule has 0 N–H and O–H groups in total. The molecule has 0 aromatic heterocycles. The summed E-state index contributed by atoms with van der Waals surface area (Å²) in [6.07, 6.45) is 1.99. The summed E-state index contributed by atoms with van der Waals surface area (Å²) >= 11 is 0. The van der Waals surface area contributed by atoms with Crippen LogP contribution in [0.15, 0.2) is 41.5 Å². The third-order valence-corrected chi connectivity index (χ3v) is 16.3. The van der Waals surface area contributed by atoms with Crippen molar-refractivity contribution in [2.45, 2.75) is 110 Å². The Kier molecular flexibility index (Phi) is 8.63. The largest absolute Gasteiger partial charge is 0.462 e. The van der Waals surface area contributed by atoms with Crippen LogP contribution in [0.5, 0.6) is 0 Å². The summed E-state index contributed by atoms with van der Waals surface area (Å²) in [4.78, 5) is 27.9. The Labute approximate surface area is 252 Å². The molecule has 2 saturated carbocycles. The highest BCUT2D eigenvalue weighted by Crippen LogP contribution is 2.63. The molecule has 1 aromatic carbocycles. The molecule has 3 fully saturated rings. The highest BCUT2D eigenvalue weighted by atomic mass is 28.4. The Hall–Kier alpha value is -2.31. The lowest BCUT2D eigenvalue weighted by Crippen LogP contribution is -2.68. The van der Waals surface area contributed by atoms with Gasteiger partial charge in [-0.05, 0) is 62.9 Å². The molecule has 6 atom stereocenters. The van der Waals surface area contributed by atoms with Gasteiger partial charge in [-0.25, -0.2) is 4.79 Å². The fourth-order valence-corrected chi connectivity index (χ4v) is 11.7. The number of hydrogen-bond acceptors (Lipinski definition) is 7. The lowest BCUT2D eigenvalue weighted by atomic mass is 9.47. The van der Waals surface area contributed by atoms with Crippen LogP contribution in [-0.2, 0) is 23.4 Å². The first-order valence-electron chi connectivity index (χ1n) is 15.8. The molecule has 1 aliphatic heterocycles. The van der Waals surface area contributed by atoms with E-state index in [-0.39, 0.29) is 31.5 Å². The highest BCUT2D eigenvalue weighted by molar-refractivity contribution is 6.73. The van der Waals surface area contributed by atoms with E-state index in [0.29, 0.717) is 18.4 Å². The average molecular weight is 594 g/mol. The number of allylic oxidation sites excluding steroid dienone is 1. The van der Waals surface area contributed by atoms with E-state index in [9.17, 15) is 14.9 Å². The van der Waals surface area contributed by atoms with Gasteiger partial charge in [-0.15, -0.1) is 0 Å². The molecule has 7 nitrogen and oxygen atoms in total. The Bertz CT molecular complexity index is 1260. The van der Waals surface area contributed by atoms with Crippen molar-refractivity contribution in [3.8, 4) is 6.07 Å². The zero-order chi connectivity index (χ0) is 30.3. The maximum atomic E-state index is 14.8. The van der Waals surface area contributed by atoms with Crippen LogP contribution in [0.25, 0.3) is 0 Å². The lowest BCUT2D eigenvalue weighted by molar-refractivity contribution is -0.171. The van der Waals surface area contributed by atoms with Gasteiger partial charge in [-0.3, -0.25) is 4.79 Å². The van der Waals surface area contributed by atoms with Gasteiger partial charge in [-0.1, -0.05) is 64.0 Å². The van der Waals surface area contributed by atoms with Crippen molar-refractivity contribution in [1.82, 2.24) is 0 Å². The molecule has 1 unspecified atom stereocenters. The number of rotatable bonds is 8. The minimum atomic E-state index is -2.18. The van der Waals surface area contributed by atoms with E-state index in [4.69, 9.17) is 18.6 Å². The molecule has 5 rings (SSSR count).